The van der Waals surface area contributed by atoms with Crippen molar-refractivity contribution in [3.8, 4) is 11.5 Å². The van der Waals surface area contributed by atoms with Gasteiger partial charge in [-0.3, -0.25) is 5.41 Å². The third-order valence-corrected chi connectivity index (χ3v) is 6.08. The van der Waals surface area contributed by atoms with Crippen molar-refractivity contribution in [2.24, 2.45) is 0 Å². The second-order valence-electron chi connectivity index (χ2n) is 8.84. The topological polar surface area (TPSA) is 113 Å². The van der Waals surface area contributed by atoms with Gasteiger partial charge in [0.1, 0.15) is 0 Å². The molecule has 9 nitrogen and oxygen atoms in total. The number of aromatic nitrogens is 2. The number of ether oxygens (including phenoxy) is 2. The molecular weight excluding hydrogens is 444 g/mol. The first-order chi connectivity index (χ1) is 16.9. The molecule has 2 aromatic rings. The van der Waals surface area contributed by atoms with Crippen LogP contribution in [-0.4, -0.2) is 48.9 Å². The van der Waals surface area contributed by atoms with Crippen molar-refractivity contribution >= 4 is 22.9 Å². The van der Waals surface area contributed by atoms with Gasteiger partial charge in [0.2, 0.25) is 0 Å². The Morgan fingerprint density at radius 1 is 1.11 bits per heavy atom. The molecule has 202 valence electrons. The number of hydrogen-bond acceptors (Lipinski definition) is 6. The van der Waals surface area contributed by atoms with Gasteiger partial charge in [-0.25, -0.2) is 9.78 Å². The van der Waals surface area contributed by atoms with Crippen LogP contribution in [0.5, 0.6) is 11.5 Å². The van der Waals surface area contributed by atoms with E-state index in [1.54, 1.807) is 14.2 Å². The van der Waals surface area contributed by atoms with Gasteiger partial charge in [0, 0.05) is 41.6 Å². The maximum atomic E-state index is 12.0. The minimum absolute atomic E-state index is 0. The summed E-state index contributed by atoms with van der Waals surface area (Å²) in [5, 5.41) is 18.0. The van der Waals surface area contributed by atoms with E-state index in [1.807, 2.05) is 44.4 Å². The van der Waals surface area contributed by atoms with E-state index in [1.165, 1.54) is 19.3 Å². The summed E-state index contributed by atoms with van der Waals surface area (Å²) in [6, 6.07) is 4.04. The Bertz CT molecular complexity index is 1010. The van der Waals surface area contributed by atoms with E-state index in [4.69, 9.17) is 14.9 Å². The van der Waals surface area contributed by atoms with Crippen LogP contribution in [0.25, 0.3) is 11.0 Å². The molecule has 35 heavy (non-hydrogen) atoms. The number of rotatable bonds is 10. The number of urea groups is 1. The van der Waals surface area contributed by atoms with Gasteiger partial charge in [-0.1, -0.05) is 33.1 Å². The Hall–Kier alpha value is -2.97. The van der Waals surface area contributed by atoms with Crippen LogP contribution in [0.15, 0.2) is 12.1 Å². The Kier molecular flexibility index (Phi) is 11.7. The number of anilines is 1. The number of hydrogen-bond donors (Lipinski definition) is 4. The maximum Gasteiger partial charge on any atom is 0.315 e. The fraction of sp³-hybridized carbons (Fsp3) is 0.654. The second kappa shape index (κ2) is 14.4. The highest BCUT2D eigenvalue weighted by Crippen LogP contribution is 2.32. The molecule has 4 N–H and O–H groups in total. The number of amides is 2. The van der Waals surface area contributed by atoms with E-state index in [0.29, 0.717) is 41.9 Å². The van der Waals surface area contributed by atoms with E-state index in [9.17, 15) is 4.79 Å². The van der Waals surface area contributed by atoms with Crippen molar-refractivity contribution in [1.29, 1.82) is 5.41 Å². The molecule has 1 aliphatic rings. The highest BCUT2D eigenvalue weighted by Gasteiger charge is 2.16. The molecule has 0 unspecified atom stereocenters. The van der Waals surface area contributed by atoms with Gasteiger partial charge in [0.15, 0.2) is 22.8 Å². The summed E-state index contributed by atoms with van der Waals surface area (Å²) in [6.07, 6.45) is 7.56. The summed E-state index contributed by atoms with van der Waals surface area (Å²) in [7, 11) is 3.20. The van der Waals surface area contributed by atoms with Gasteiger partial charge in [-0.15, -0.1) is 0 Å². The van der Waals surface area contributed by atoms with E-state index in [0.717, 1.165) is 36.7 Å². The average molecular weight is 495 g/mol. The molecule has 1 aliphatic carbocycles. The normalized spacial score (nSPS) is 13.7. The van der Waals surface area contributed by atoms with Crippen LogP contribution < -0.4 is 30.9 Å². The maximum absolute atomic E-state index is 12.0. The fourth-order valence-electron chi connectivity index (χ4n) is 4.35. The van der Waals surface area contributed by atoms with E-state index >= 15 is 0 Å². The Morgan fingerprint density at radius 3 is 2.37 bits per heavy atom. The van der Waals surface area contributed by atoms with Crippen LogP contribution in [0.1, 0.15) is 83.0 Å². The van der Waals surface area contributed by atoms with Gasteiger partial charge < -0.3 is 30.0 Å². The summed E-state index contributed by atoms with van der Waals surface area (Å²) in [5.41, 5.74) is 1.89. The first-order valence-corrected chi connectivity index (χ1v) is 13.0. The molecule has 0 atom stereocenters. The van der Waals surface area contributed by atoms with Crippen LogP contribution in [0.4, 0.5) is 10.6 Å². The van der Waals surface area contributed by atoms with Crippen molar-refractivity contribution in [3.63, 3.8) is 0 Å². The van der Waals surface area contributed by atoms with E-state index in [2.05, 4.69) is 20.9 Å². The highest BCUT2D eigenvalue weighted by molar-refractivity contribution is 5.81. The number of nitrogens with one attached hydrogen (secondary N) is 4. The third-order valence-electron chi connectivity index (χ3n) is 6.08. The average Bonchev–Trinajstić information content (AvgIpc) is 2.87. The lowest BCUT2D eigenvalue weighted by molar-refractivity contribution is 0.232. The minimum atomic E-state index is -0.0677. The van der Waals surface area contributed by atoms with Crippen molar-refractivity contribution in [2.45, 2.75) is 84.7 Å². The molecule has 0 aliphatic heterocycles. The number of methoxy groups -OCH3 is 2. The first-order valence-electron chi connectivity index (χ1n) is 13.0. The number of benzene rings is 1. The lowest BCUT2D eigenvalue weighted by Gasteiger charge is -2.22. The van der Waals surface area contributed by atoms with Gasteiger partial charge in [0.05, 0.1) is 25.3 Å². The molecule has 9 heteroatoms. The Labute approximate surface area is 214 Å². The van der Waals surface area contributed by atoms with Crippen LogP contribution in [0.2, 0.25) is 0 Å². The molecule has 2 amide bonds. The first kappa shape index (κ1) is 28.3. The molecule has 1 aromatic carbocycles. The Morgan fingerprint density at radius 2 is 1.74 bits per heavy atom. The van der Waals surface area contributed by atoms with Crippen molar-refractivity contribution in [2.75, 3.05) is 32.6 Å². The van der Waals surface area contributed by atoms with Crippen LogP contribution in [-0.2, 0) is 0 Å². The quantitative estimate of drug-likeness (QED) is 0.316. The van der Waals surface area contributed by atoms with Crippen LogP contribution in [0.3, 0.4) is 0 Å². The molecule has 0 spiro atoms. The third kappa shape index (κ3) is 7.77. The van der Waals surface area contributed by atoms with Gasteiger partial charge >= 0.3 is 6.03 Å². The van der Waals surface area contributed by atoms with E-state index < -0.39 is 0 Å². The Balaban J connectivity index is 0. The predicted octanol–water partition coefficient (Wildman–Crippen LogP) is 5.70. The smallest absolute Gasteiger partial charge is 0.315 e. The number of carbonyl (C=O) groups is 1. The van der Waals surface area contributed by atoms with E-state index in [-0.39, 0.29) is 16.4 Å². The van der Waals surface area contributed by atoms with Gasteiger partial charge in [-0.05, 0) is 39.5 Å². The van der Waals surface area contributed by atoms with Gasteiger partial charge in [0.25, 0.3) is 0 Å². The van der Waals surface area contributed by atoms with Crippen molar-refractivity contribution < 1.29 is 18.5 Å². The monoisotopic (exact) mass is 494 g/mol. The molecule has 1 aromatic heterocycles. The lowest BCUT2D eigenvalue weighted by atomic mass is 9.96. The number of carbonyl (C=O) groups excluding carboxylic acids is 1. The zero-order valence-electron chi connectivity index (χ0n) is 22.3. The van der Waals surface area contributed by atoms with Crippen molar-refractivity contribution in [1.82, 2.24) is 20.2 Å². The van der Waals surface area contributed by atoms with Crippen molar-refractivity contribution in [3.05, 3.63) is 17.6 Å². The minimum Gasteiger partial charge on any atom is -0.493 e. The number of fused-ring (bicyclic) bond motifs is 1. The van der Waals surface area contributed by atoms with Gasteiger partial charge in [-0.2, -0.15) is 0 Å². The summed E-state index contributed by atoms with van der Waals surface area (Å²) in [6.45, 7) is 9.38. The number of unbranched alkanes of at least 4 members (excludes halogenated alkanes) is 1. The zero-order chi connectivity index (χ0) is 25.8. The second-order valence-corrected chi connectivity index (χ2v) is 8.84. The molecular formula is C26H50N6O3. The fourth-order valence-corrected chi connectivity index (χ4v) is 4.35. The molecule has 3 rings (SSSR count). The predicted molar refractivity (Wildman–Crippen MR) is 148 cm³/mol. The zero-order valence-corrected chi connectivity index (χ0v) is 22.3. The van der Waals surface area contributed by atoms with Crippen LogP contribution in [0, 0.1) is 5.41 Å². The van der Waals surface area contributed by atoms with Crippen LogP contribution >= 0.6 is 0 Å². The highest BCUT2D eigenvalue weighted by atomic mass is 16.5. The number of nitrogens with zero attached hydrogens (tertiary/aromatic N) is 2. The molecule has 0 saturated heterocycles. The molecule has 1 fully saturated rings. The summed E-state index contributed by atoms with van der Waals surface area (Å²) in [5.74, 6) is 1.75. The summed E-state index contributed by atoms with van der Waals surface area (Å²) in [4.78, 5) is 16.7. The molecule has 0 radical (unpaired) electrons. The SMILES string of the molecule is CC.COc1cc2nc(NCCCCNC(=O)NC3CCCCC3)c(=N)n(C(C)C)c2cc1OC.[HH].[HH].[HH]. The largest absolute Gasteiger partial charge is 0.493 e. The molecule has 1 heterocycles. The molecule has 0 bridgehead atoms. The summed E-state index contributed by atoms with van der Waals surface area (Å²) >= 11 is 0. The summed E-state index contributed by atoms with van der Waals surface area (Å²) < 4.78 is 12.8. The lowest BCUT2D eigenvalue weighted by Crippen LogP contribution is -2.43. The standard InChI is InChI=1S/C24H38N6O3.C2H6.3H2/c1-16(2)30-19-15-21(33-4)20(32-3)14-18(19)29-23(22(30)25)26-12-8-9-13-27-24(31)28-17-10-6-5-7-11-17;1-2;;;/h14-17,25H,5-13H2,1-4H3,(H,26,29)(H2,27,28,31);1-2H3;3*1H. The molecule has 1 saturated carbocycles.